The second-order valence-corrected chi connectivity index (χ2v) is 8.53. The van der Waals surface area contributed by atoms with E-state index in [0.717, 1.165) is 36.0 Å². The maximum Gasteiger partial charge on any atom is 0.411 e. The molecule has 1 heterocycles. The van der Waals surface area contributed by atoms with E-state index in [9.17, 15) is 9.59 Å². The zero-order valence-corrected chi connectivity index (χ0v) is 17.5. The van der Waals surface area contributed by atoms with Crippen molar-refractivity contribution in [2.24, 2.45) is 5.92 Å². The highest BCUT2D eigenvalue weighted by Gasteiger charge is 2.37. The van der Waals surface area contributed by atoms with Gasteiger partial charge in [0.25, 0.3) is 0 Å². The number of nitrogens with one attached hydrogen (secondary N) is 1. The molecule has 0 aromatic heterocycles. The number of rotatable bonds is 4. The van der Waals surface area contributed by atoms with Gasteiger partial charge in [-0.25, -0.2) is 4.79 Å². The predicted octanol–water partition coefficient (Wildman–Crippen LogP) is 4.45. The van der Waals surface area contributed by atoms with Gasteiger partial charge in [-0.3, -0.25) is 9.69 Å². The van der Waals surface area contributed by atoms with Crippen LogP contribution in [0.25, 0.3) is 0 Å². The minimum atomic E-state index is -0.544. The van der Waals surface area contributed by atoms with Gasteiger partial charge in [0.05, 0.1) is 6.54 Å². The molecule has 1 aliphatic carbocycles. The number of carbonyl (C=O) groups is 2. The normalized spacial score (nSPS) is 23.4. The van der Waals surface area contributed by atoms with Gasteiger partial charge >= 0.3 is 6.09 Å². The van der Waals surface area contributed by atoms with Crippen LogP contribution in [0.3, 0.4) is 0 Å². The van der Waals surface area contributed by atoms with Crippen molar-refractivity contribution in [3.05, 3.63) is 71.3 Å². The van der Waals surface area contributed by atoms with E-state index >= 15 is 0 Å². The van der Waals surface area contributed by atoms with Crippen LogP contribution in [0.5, 0.6) is 0 Å². The molecule has 0 spiro atoms. The first-order chi connectivity index (χ1) is 14.6. The predicted molar refractivity (Wildman–Crippen MR) is 116 cm³/mol. The monoisotopic (exact) mass is 406 g/mol. The lowest BCUT2D eigenvalue weighted by Gasteiger charge is -2.37. The van der Waals surface area contributed by atoms with Gasteiger partial charge in [0.2, 0.25) is 5.91 Å². The molecule has 158 valence electrons. The number of amides is 2. The minimum absolute atomic E-state index is 0.0695. The highest BCUT2D eigenvalue weighted by atomic mass is 16.6. The number of hydrogen-bond acceptors (Lipinski definition) is 3. The summed E-state index contributed by atoms with van der Waals surface area (Å²) in [4.78, 5) is 27.8. The molecule has 5 nitrogen and oxygen atoms in total. The number of ether oxygens (including phenoxy) is 1. The minimum Gasteiger partial charge on any atom is -0.445 e. The quantitative estimate of drug-likeness (QED) is 0.816. The molecule has 0 bridgehead atoms. The SMILES string of the molecule is C[C@@H]1CCCC[C@H]1NC(=O)[C@@H]1Cc2ccccc2CN1C(=O)OCc1ccccc1. The van der Waals surface area contributed by atoms with Gasteiger partial charge in [-0.15, -0.1) is 0 Å². The van der Waals surface area contributed by atoms with Crippen LogP contribution in [0.15, 0.2) is 54.6 Å². The summed E-state index contributed by atoms with van der Waals surface area (Å²) in [6.45, 7) is 2.79. The molecule has 1 N–H and O–H groups in total. The first kappa shape index (κ1) is 20.5. The van der Waals surface area contributed by atoms with E-state index in [1.165, 1.54) is 6.42 Å². The summed E-state index contributed by atoms with van der Waals surface area (Å²) < 4.78 is 5.58. The van der Waals surface area contributed by atoms with Gasteiger partial charge in [-0.1, -0.05) is 74.4 Å². The van der Waals surface area contributed by atoms with Crippen LogP contribution >= 0.6 is 0 Å². The van der Waals surface area contributed by atoms with Crippen molar-refractivity contribution < 1.29 is 14.3 Å². The van der Waals surface area contributed by atoms with Crippen LogP contribution < -0.4 is 5.32 Å². The molecule has 2 amide bonds. The fourth-order valence-electron chi connectivity index (χ4n) is 4.56. The van der Waals surface area contributed by atoms with E-state index in [4.69, 9.17) is 4.74 Å². The molecule has 1 aliphatic heterocycles. The summed E-state index contributed by atoms with van der Waals surface area (Å²) in [6, 6.07) is 17.3. The first-order valence-electron chi connectivity index (χ1n) is 11.0. The summed E-state index contributed by atoms with van der Waals surface area (Å²) in [7, 11) is 0. The van der Waals surface area contributed by atoms with Gasteiger partial charge in [0, 0.05) is 12.5 Å². The van der Waals surface area contributed by atoms with Gasteiger partial charge in [0.1, 0.15) is 12.6 Å². The van der Waals surface area contributed by atoms with E-state index in [1.54, 1.807) is 4.90 Å². The molecule has 2 aliphatic rings. The highest BCUT2D eigenvalue weighted by Crippen LogP contribution is 2.27. The van der Waals surface area contributed by atoms with E-state index < -0.39 is 12.1 Å². The van der Waals surface area contributed by atoms with Crippen LogP contribution in [0.2, 0.25) is 0 Å². The van der Waals surface area contributed by atoms with Gasteiger partial charge in [-0.2, -0.15) is 0 Å². The topological polar surface area (TPSA) is 58.6 Å². The Morgan fingerprint density at radius 2 is 1.70 bits per heavy atom. The van der Waals surface area contributed by atoms with Crippen molar-refractivity contribution in [1.29, 1.82) is 0 Å². The summed E-state index contributed by atoms with van der Waals surface area (Å²) in [5.74, 6) is 0.400. The Morgan fingerprint density at radius 3 is 2.47 bits per heavy atom. The number of nitrogens with zero attached hydrogens (tertiary/aromatic N) is 1. The van der Waals surface area contributed by atoms with Gasteiger partial charge < -0.3 is 10.1 Å². The lowest BCUT2D eigenvalue weighted by Crippen LogP contribution is -2.55. The third-order valence-corrected chi connectivity index (χ3v) is 6.43. The maximum atomic E-state index is 13.3. The average molecular weight is 407 g/mol. The average Bonchev–Trinajstić information content (AvgIpc) is 2.78. The van der Waals surface area contributed by atoms with Crippen molar-refractivity contribution in [1.82, 2.24) is 10.2 Å². The molecular formula is C25H30N2O3. The molecule has 30 heavy (non-hydrogen) atoms. The number of carbonyl (C=O) groups excluding carboxylic acids is 2. The molecule has 5 heteroatoms. The molecule has 2 aromatic rings. The smallest absolute Gasteiger partial charge is 0.411 e. The first-order valence-corrected chi connectivity index (χ1v) is 11.0. The molecule has 1 fully saturated rings. The largest absolute Gasteiger partial charge is 0.445 e. The highest BCUT2D eigenvalue weighted by molar-refractivity contribution is 5.86. The molecule has 0 unspecified atom stereocenters. The Kier molecular flexibility index (Phi) is 6.36. The van der Waals surface area contributed by atoms with Crippen LogP contribution in [-0.2, 0) is 29.1 Å². The lowest BCUT2D eigenvalue weighted by molar-refractivity contribution is -0.127. The molecule has 0 saturated heterocycles. The lowest BCUT2D eigenvalue weighted by atomic mass is 9.85. The van der Waals surface area contributed by atoms with Crippen LogP contribution in [0.4, 0.5) is 4.79 Å². The van der Waals surface area contributed by atoms with E-state index in [2.05, 4.69) is 12.2 Å². The molecule has 0 radical (unpaired) electrons. The number of fused-ring (bicyclic) bond motifs is 1. The van der Waals surface area contributed by atoms with Crippen LogP contribution in [0.1, 0.15) is 49.3 Å². The van der Waals surface area contributed by atoms with Crippen molar-refractivity contribution in [3.8, 4) is 0 Å². The molecule has 2 aromatic carbocycles. The zero-order chi connectivity index (χ0) is 20.9. The summed E-state index contributed by atoms with van der Waals surface area (Å²) in [5, 5.41) is 3.24. The van der Waals surface area contributed by atoms with Crippen molar-refractivity contribution >= 4 is 12.0 Å². The summed E-state index contributed by atoms with van der Waals surface area (Å²) in [5.41, 5.74) is 3.13. The number of benzene rings is 2. The van der Waals surface area contributed by atoms with E-state index in [0.29, 0.717) is 18.9 Å². The standard InChI is InChI=1S/C25H30N2O3/c1-18-9-5-8-14-22(18)26-24(28)23-15-20-12-6-7-13-21(20)16-27(23)25(29)30-17-19-10-3-2-4-11-19/h2-4,6-7,10-13,18,22-23H,5,8-9,14-17H2,1H3,(H,26,28)/t18-,22-,23+/m1/s1. The van der Waals surface area contributed by atoms with Crippen LogP contribution in [-0.4, -0.2) is 29.0 Å². The third kappa shape index (κ3) is 4.66. The summed E-state index contributed by atoms with van der Waals surface area (Å²) >= 11 is 0. The van der Waals surface area contributed by atoms with E-state index in [1.807, 2.05) is 54.6 Å². The van der Waals surface area contributed by atoms with Gasteiger partial charge in [0.15, 0.2) is 0 Å². The molecular weight excluding hydrogens is 376 g/mol. The second-order valence-electron chi connectivity index (χ2n) is 8.53. The zero-order valence-electron chi connectivity index (χ0n) is 17.5. The van der Waals surface area contributed by atoms with Gasteiger partial charge in [-0.05, 0) is 35.4 Å². The molecule has 1 saturated carbocycles. The van der Waals surface area contributed by atoms with Crippen molar-refractivity contribution in [2.75, 3.05) is 0 Å². The Labute approximate surface area is 178 Å². The third-order valence-electron chi connectivity index (χ3n) is 6.43. The Bertz CT molecular complexity index is 883. The van der Waals surface area contributed by atoms with Crippen molar-refractivity contribution in [2.45, 2.75) is 64.3 Å². The van der Waals surface area contributed by atoms with Crippen molar-refractivity contribution in [3.63, 3.8) is 0 Å². The fourth-order valence-corrected chi connectivity index (χ4v) is 4.56. The fraction of sp³-hybridized carbons (Fsp3) is 0.440. The Morgan fingerprint density at radius 1 is 1.00 bits per heavy atom. The van der Waals surface area contributed by atoms with E-state index in [-0.39, 0.29) is 18.6 Å². The maximum absolute atomic E-state index is 13.3. The van der Waals surface area contributed by atoms with Crippen LogP contribution in [0, 0.1) is 5.92 Å². The Hall–Kier alpha value is -2.82. The Balaban J connectivity index is 1.49. The summed E-state index contributed by atoms with van der Waals surface area (Å²) in [6.07, 6.45) is 4.60. The molecule has 4 rings (SSSR count). The number of hydrogen-bond donors (Lipinski definition) is 1. The second kappa shape index (κ2) is 9.33. The molecule has 3 atom stereocenters.